The fraction of sp³-hybridized carbons (Fsp3) is 0.909. The highest BCUT2D eigenvalue weighted by molar-refractivity contribution is 5.82. The van der Waals surface area contributed by atoms with Crippen LogP contribution in [0.2, 0.25) is 0 Å². The van der Waals surface area contributed by atoms with Crippen molar-refractivity contribution in [1.29, 1.82) is 0 Å². The first-order valence-electron chi connectivity index (χ1n) is 11.6. The van der Waals surface area contributed by atoms with E-state index in [0.29, 0.717) is 12.6 Å². The van der Waals surface area contributed by atoms with Gasteiger partial charge in [-0.1, -0.05) is 0 Å². The molecule has 3 heterocycles. The minimum absolute atomic E-state index is 0.0401. The molecule has 0 aromatic heterocycles. The zero-order valence-corrected chi connectivity index (χ0v) is 19.0. The van der Waals surface area contributed by atoms with E-state index < -0.39 is 12.0 Å². The van der Waals surface area contributed by atoms with Gasteiger partial charge in [-0.15, -0.1) is 0 Å². The predicted octanol–water partition coefficient (Wildman–Crippen LogP) is 2.26. The molecule has 1 saturated carbocycles. The second-order valence-electron chi connectivity index (χ2n) is 10.2. The summed E-state index contributed by atoms with van der Waals surface area (Å²) in [5.74, 6) is -3.01. The van der Waals surface area contributed by atoms with Crippen LogP contribution in [-0.2, 0) is 9.53 Å². The molecule has 9 heteroatoms. The van der Waals surface area contributed by atoms with Crippen molar-refractivity contribution in [3.05, 3.63) is 0 Å². The van der Waals surface area contributed by atoms with E-state index in [1.54, 1.807) is 19.0 Å². The van der Waals surface area contributed by atoms with E-state index in [0.717, 1.165) is 58.3 Å². The van der Waals surface area contributed by atoms with Gasteiger partial charge in [-0.25, -0.2) is 13.6 Å². The number of amides is 2. The van der Waals surface area contributed by atoms with Crippen molar-refractivity contribution in [1.82, 2.24) is 19.6 Å². The molecule has 3 aliphatic heterocycles. The van der Waals surface area contributed by atoms with Gasteiger partial charge in [0.15, 0.2) is 0 Å². The van der Waals surface area contributed by atoms with Crippen LogP contribution in [0.15, 0.2) is 0 Å². The minimum Gasteiger partial charge on any atom is -0.450 e. The molecule has 0 bridgehead atoms. The molecule has 1 aliphatic carbocycles. The molecule has 31 heavy (non-hydrogen) atoms. The summed E-state index contributed by atoms with van der Waals surface area (Å²) in [4.78, 5) is 32.0. The second kappa shape index (κ2) is 8.46. The molecule has 0 unspecified atom stereocenters. The smallest absolute Gasteiger partial charge is 0.409 e. The number of hydrogen-bond donors (Lipinski definition) is 0. The second-order valence-corrected chi connectivity index (χ2v) is 10.2. The third-order valence-corrected chi connectivity index (χ3v) is 7.82. The van der Waals surface area contributed by atoms with E-state index in [4.69, 9.17) is 4.74 Å². The van der Waals surface area contributed by atoms with Gasteiger partial charge < -0.3 is 19.4 Å². The average molecular weight is 443 g/mol. The maximum atomic E-state index is 14.1. The summed E-state index contributed by atoms with van der Waals surface area (Å²) >= 11 is 0. The maximum Gasteiger partial charge on any atom is 0.409 e. The third-order valence-electron chi connectivity index (χ3n) is 7.82. The summed E-state index contributed by atoms with van der Waals surface area (Å²) in [6.45, 7) is 5.26. The molecule has 4 fully saturated rings. The summed E-state index contributed by atoms with van der Waals surface area (Å²) < 4.78 is 33.4. The van der Waals surface area contributed by atoms with Gasteiger partial charge in [0.05, 0.1) is 19.2 Å². The van der Waals surface area contributed by atoms with Crippen LogP contribution in [0, 0.1) is 5.41 Å². The highest BCUT2D eigenvalue weighted by Crippen LogP contribution is 2.50. The van der Waals surface area contributed by atoms with Crippen molar-refractivity contribution in [2.45, 2.75) is 69.5 Å². The number of piperidine rings is 1. The topological polar surface area (TPSA) is 56.3 Å². The lowest BCUT2D eigenvalue weighted by molar-refractivity contribution is -0.134. The lowest BCUT2D eigenvalue weighted by Gasteiger charge is -2.52. The number of ether oxygens (including phenoxy) is 1. The first-order chi connectivity index (χ1) is 14.6. The molecule has 176 valence electrons. The fourth-order valence-electron chi connectivity index (χ4n) is 6.17. The first kappa shape index (κ1) is 22.7. The summed E-state index contributed by atoms with van der Waals surface area (Å²) in [6, 6.07) is -0.151. The molecule has 2 amide bonds. The van der Waals surface area contributed by atoms with Crippen LogP contribution in [0.5, 0.6) is 0 Å². The molecule has 1 spiro atoms. The number of carbonyl (C=O) groups excluding carboxylic acids is 2. The van der Waals surface area contributed by atoms with Gasteiger partial charge in [0, 0.05) is 45.7 Å². The van der Waals surface area contributed by atoms with Gasteiger partial charge >= 0.3 is 6.09 Å². The Kier molecular flexibility index (Phi) is 6.20. The summed E-state index contributed by atoms with van der Waals surface area (Å²) in [6.07, 6.45) is 4.31. The number of nitrogens with zero attached hydrogens (tertiary/aromatic N) is 4. The Labute approximate surface area is 183 Å². The standard InChI is InChI=1S/C22H36F2N4O3/c1-4-31-20(30)27-10-7-21(14-27)11-17(12-21)26-8-5-16(6-9-26)28-15-22(23,24)13-18(28)19(29)25(2)3/h16-18H,4-15H2,1-3H3/t17?,18-,21?/m1/s1. The molecular formula is C22H36F2N4O3. The Morgan fingerprint density at radius 2 is 1.71 bits per heavy atom. The largest absolute Gasteiger partial charge is 0.450 e. The van der Waals surface area contributed by atoms with Crippen molar-refractivity contribution in [2.75, 3.05) is 53.4 Å². The monoisotopic (exact) mass is 442 g/mol. The van der Waals surface area contributed by atoms with Crippen LogP contribution in [0.4, 0.5) is 13.6 Å². The van der Waals surface area contributed by atoms with Gasteiger partial charge in [-0.3, -0.25) is 9.69 Å². The highest BCUT2D eigenvalue weighted by Gasteiger charge is 2.53. The van der Waals surface area contributed by atoms with Crippen molar-refractivity contribution in [2.24, 2.45) is 5.41 Å². The Morgan fingerprint density at radius 1 is 1.03 bits per heavy atom. The molecule has 0 radical (unpaired) electrons. The lowest BCUT2D eigenvalue weighted by Crippen LogP contribution is -2.57. The zero-order chi connectivity index (χ0) is 22.4. The normalized spacial score (nSPS) is 34.2. The van der Waals surface area contributed by atoms with E-state index >= 15 is 0 Å². The predicted molar refractivity (Wildman–Crippen MR) is 112 cm³/mol. The number of rotatable bonds is 4. The Hall–Kier alpha value is -1.48. The van der Waals surface area contributed by atoms with Crippen molar-refractivity contribution in [3.63, 3.8) is 0 Å². The molecular weight excluding hydrogens is 406 g/mol. The number of likely N-dealkylation sites (N-methyl/N-ethyl adjacent to an activating group) is 1. The molecule has 1 atom stereocenters. The van der Waals surface area contributed by atoms with Gasteiger partial charge in [0.1, 0.15) is 0 Å². The van der Waals surface area contributed by atoms with Crippen LogP contribution in [0.25, 0.3) is 0 Å². The highest BCUT2D eigenvalue weighted by atomic mass is 19.3. The van der Waals surface area contributed by atoms with Crippen molar-refractivity contribution >= 4 is 12.0 Å². The van der Waals surface area contributed by atoms with Crippen LogP contribution < -0.4 is 0 Å². The number of likely N-dealkylation sites (tertiary alicyclic amines) is 3. The minimum atomic E-state index is -2.79. The average Bonchev–Trinajstić information content (AvgIpc) is 3.28. The summed E-state index contributed by atoms with van der Waals surface area (Å²) in [5, 5.41) is 0. The number of carbonyl (C=O) groups is 2. The maximum absolute atomic E-state index is 14.1. The molecule has 7 nitrogen and oxygen atoms in total. The Balaban J connectivity index is 1.27. The number of alkyl halides is 2. The van der Waals surface area contributed by atoms with Gasteiger partial charge in [0.25, 0.3) is 5.92 Å². The SMILES string of the molecule is CCOC(=O)N1CCC2(CC(N3CCC(N4CC(F)(F)C[C@@H]4C(=O)N(C)C)CC3)C2)C1. The van der Waals surface area contributed by atoms with Crippen LogP contribution in [-0.4, -0.2) is 109 Å². The summed E-state index contributed by atoms with van der Waals surface area (Å²) in [7, 11) is 3.27. The van der Waals surface area contributed by atoms with E-state index in [1.807, 2.05) is 11.8 Å². The third kappa shape index (κ3) is 4.53. The van der Waals surface area contributed by atoms with Gasteiger partial charge in [0.2, 0.25) is 5.91 Å². The zero-order valence-electron chi connectivity index (χ0n) is 19.0. The van der Waals surface area contributed by atoms with Crippen molar-refractivity contribution in [3.8, 4) is 0 Å². The summed E-state index contributed by atoms with van der Waals surface area (Å²) in [5.41, 5.74) is 0.231. The fourth-order valence-corrected chi connectivity index (χ4v) is 6.17. The van der Waals surface area contributed by atoms with Crippen molar-refractivity contribution < 1.29 is 23.1 Å². The van der Waals surface area contributed by atoms with E-state index in [1.165, 1.54) is 4.90 Å². The number of hydrogen-bond acceptors (Lipinski definition) is 5. The van der Waals surface area contributed by atoms with Gasteiger partial charge in [-0.05, 0) is 57.5 Å². The van der Waals surface area contributed by atoms with E-state index in [9.17, 15) is 18.4 Å². The number of halogens is 2. The van der Waals surface area contributed by atoms with E-state index in [2.05, 4.69) is 4.90 Å². The first-order valence-corrected chi connectivity index (χ1v) is 11.6. The molecule has 0 aromatic carbocycles. The van der Waals surface area contributed by atoms with Crippen LogP contribution in [0.1, 0.15) is 45.4 Å². The molecule has 0 N–H and O–H groups in total. The molecule has 4 aliphatic rings. The molecule has 0 aromatic rings. The Morgan fingerprint density at radius 3 is 2.32 bits per heavy atom. The lowest BCUT2D eigenvalue weighted by atomic mass is 9.64. The molecule has 4 rings (SSSR count). The van der Waals surface area contributed by atoms with Crippen LogP contribution >= 0.6 is 0 Å². The van der Waals surface area contributed by atoms with Gasteiger partial charge in [-0.2, -0.15) is 0 Å². The molecule has 3 saturated heterocycles. The quantitative estimate of drug-likeness (QED) is 0.669. The van der Waals surface area contributed by atoms with Crippen LogP contribution in [0.3, 0.4) is 0 Å². The Bertz CT molecular complexity index is 690. The van der Waals surface area contributed by atoms with E-state index in [-0.39, 0.29) is 36.4 Å².